The highest BCUT2D eigenvalue weighted by Crippen LogP contribution is 2.33. The van der Waals surface area contributed by atoms with Crippen LogP contribution in [0.4, 0.5) is 28.9 Å². The summed E-state index contributed by atoms with van der Waals surface area (Å²) in [4.78, 5) is 29.0. The summed E-state index contributed by atoms with van der Waals surface area (Å²) in [5.41, 5.74) is 1.26. The van der Waals surface area contributed by atoms with E-state index in [1.54, 1.807) is 24.9 Å². The second-order valence-electron chi connectivity index (χ2n) is 10.1. The van der Waals surface area contributed by atoms with Crippen LogP contribution in [0.5, 0.6) is 0 Å². The Balaban J connectivity index is 1.56. The Labute approximate surface area is 213 Å². The van der Waals surface area contributed by atoms with E-state index in [1.165, 1.54) is 7.05 Å². The van der Waals surface area contributed by atoms with Crippen LogP contribution in [-0.2, 0) is 9.53 Å². The number of anilines is 2. The van der Waals surface area contributed by atoms with Gasteiger partial charge in [0, 0.05) is 45.7 Å². The zero-order chi connectivity index (χ0) is 27.0. The summed E-state index contributed by atoms with van der Waals surface area (Å²) >= 11 is 0. The molecule has 37 heavy (non-hydrogen) atoms. The molecule has 0 aromatic heterocycles. The zero-order valence-corrected chi connectivity index (χ0v) is 20.9. The first kappa shape index (κ1) is 27.5. The number of ether oxygens (including phenoxy) is 1. The van der Waals surface area contributed by atoms with E-state index in [4.69, 9.17) is 0 Å². The molecule has 1 aromatic rings. The van der Waals surface area contributed by atoms with Crippen LogP contribution in [0.1, 0.15) is 29.6 Å². The Hall–Kier alpha value is -2.58. The standard InChI is InChI=1S/C23H32BF4N5O4/c1-31(36)18-8-15(24)7-17(21(35)33-5-6-37-23(27,28)13-33)19(18)30-16-3-2-4-32(11-16)20(34)14-9-22(25,26)12-29-10-14/h7-8,14,16,29-30,36H,2-6,9-13,24H2,1H3/t14-,16-/m1/s1. The molecule has 3 N–H and O–H groups in total. The van der Waals surface area contributed by atoms with Gasteiger partial charge >= 0.3 is 6.11 Å². The van der Waals surface area contributed by atoms with Gasteiger partial charge in [-0.25, -0.2) is 8.78 Å². The number of alkyl halides is 4. The Morgan fingerprint density at radius 3 is 2.68 bits per heavy atom. The van der Waals surface area contributed by atoms with E-state index >= 15 is 0 Å². The molecular weight excluding hydrogens is 497 g/mol. The van der Waals surface area contributed by atoms with Gasteiger partial charge in [-0.05, 0) is 18.9 Å². The molecule has 3 aliphatic heterocycles. The fourth-order valence-corrected chi connectivity index (χ4v) is 5.20. The molecule has 1 aromatic carbocycles. The molecule has 3 heterocycles. The highest BCUT2D eigenvalue weighted by atomic mass is 19.3. The number of piperidine rings is 2. The SMILES string of the molecule is Bc1cc(C(=O)N2CCOC(F)(F)C2)c(N[C@@H]2CCCN(C(=O)[C@H]3CNCC(F)(F)C3)C2)c(N(C)O)c1. The van der Waals surface area contributed by atoms with Gasteiger partial charge in [0.1, 0.15) is 14.4 Å². The van der Waals surface area contributed by atoms with Crippen molar-refractivity contribution in [1.29, 1.82) is 0 Å². The normalized spacial score (nSPS) is 25.5. The molecule has 0 unspecified atom stereocenters. The summed E-state index contributed by atoms with van der Waals surface area (Å²) in [7, 11) is 3.10. The van der Waals surface area contributed by atoms with Crippen molar-refractivity contribution in [3.05, 3.63) is 17.7 Å². The number of carbonyl (C=O) groups is 2. The number of nitrogens with zero attached hydrogens (tertiary/aromatic N) is 3. The van der Waals surface area contributed by atoms with Crippen molar-refractivity contribution in [2.45, 2.75) is 37.3 Å². The number of hydrogen-bond acceptors (Lipinski definition) is 7. The molecule has 2 amide bonds. The van der Waals surface area contributed by atoms with Crippen LogP contribution in [-0.4, -0.2) is 106 Å². The van der Waals surface area contributed by atoms with Gasteiger partial charge < -0.3 is 25.2 Å². The second kappa shape index (κ2) is 10.7. The van der Waals surface area contributed by atoms with Crippen LogP contribution >= 0.6 is 0 Å². The maximum absolute atomic E-state index is 13.9. The van der Waals surface area contributed by atoms with Gasteiger partial charge in [0.2, 0.25) is 5.91 Å². The molecule has 3 aliphatic rings. The van der Waals surface area contributed by atoms with Crippen LogP contribution in [0.25, 0.3) is 0 Å². The fraction of sp³-hybridized carbons (Fsp3) is 0.652. The average Bonchev–Trinajstić information content (AvgIpc) is 2.82. The third kappa shape index (κ3) is 6.47. The van der Waals surface area contributed by atoms with E-state index in [1.807, 2.05) is 0 Å². The minimum absolute atomic E-state index is 0.0160. The van der Waals surface area contributed by atoms with Gasteiger partial charge in [0.15, 0.2) is 0 Å². The predicted octanol–water partition coefficient (Wildman–Crippen LogP) is 0.483. The fourth-order valence-electron chi connectivity index (χ4n) is 5.20. The van der Waals surface area contributed by atoms with Crippen LogP contribution in [0.2, 0.25) is 0 Å². The molecule has 0 aliphatic carbocycles. The van der Waals surface area contributed by atoms with E-state index in [2.05, 4.69) is 15.4 Å². The molecular formula is C23H32BF4N5O4. The number of likely N-dealkylation sites (tertiary alicyclic amines) is 1. The van der Waals surface area contributed by atoms with Crippen LogP contribution in [0.15, 0.2) is 12.1 Å². The van der Waals surface area contributed by atoms with E-state index in [0.29, 0.717) is 24.8 Å². The van der Waals surface area contributed by atoms with E-state index in [-0.39, 0.29) is 55.1 Å². The summed E-state index contributed by atoms with van der Waals surface area (Å²) in [6.45, 7) is -0.843. The lowest BCUT2D eigenvalue weighted by Gasteiger charge is -2.38. The first-order valence-corrected chi connectivity index (χ1v) is 12.4. The highest BCUT2D eigenvalue weighted by molar-refractivity contribution is 6.33. The molecule has 0 saturated carbocycles. The third-order valence-corrected chi connectivity index (χ3v) is 6.93. The van der Waals surface area contributed by atoms with Gasteiger partial charge in [-0.3, -0.25) is 19.9 Å². The van der Waals surface area contributed by atoms with Crippen molar-refractivity contribution in [3.63, 3.8) is 0 Å². The second-order valence-corrected chi connectivity index (χ2v) is 10.1. The number of nitrogens with one attached hydrogen (secondary N) is 2. The van der Waals surface area contributed by atoms with Gasteiger partial charge in [-0.15, -0.1) is 0 Å². The number of hydroxylamine groups is 1. The third-order valence-electron chi connectivity index (χ3n) is 6.93. The van der Waals surface area contributed by atoms with Crippen molar-refractivity contribution < 1.29 is 37.1 Å². The number of halogens is 4. The molecule has 0 spiro atoms. The maximum Gasteiger partial charge on any atom is 0.373 e. The summed E-state index contributed by atoms with van der Waals surface area (Å²) in [6.07, 6.45) is -2.74. The summed E-state index contributed by atoms with van der Waals surface area (Å²) in [5.74, 6) is -4.77. The van der Waals surface area contributed by atoms with Crippen molar-refractivity contribution in [3.8, 4) is 0 Å². The Morgan fingerprint density at radius 2 is 2.00 bits per heavy atom. The number of morpholine rings is 1. The van der Waals surface area contributed by atoms with E-state index in [0.717, 1.165) is 9.96 Å². The van der Waals surface area contributed by atoms with Crippen molar-refractivity contribution in [1.82, 2.24) is 15.1 Å². The predicted molar refractivity (Wildman–Crippen MR) is 131 cm³/mol. The molecule has 0 bridgehead atoms. The molecule has 2 atom stereocenters. The zero-order valence-electron chi connectivity index (χ0n) is 20.9. The largest absolute Gasteiger partial charge is 0.378 e. The molecule has 204 valence electrons. The first-order valence-electron chi connectivity index (χ1n) is 12.4. The molecule has 3 saturated heterocycles. The molecule has 14 heteroatoms. The van der Waals surface area contributed by atoms with Crippen molar-refractivity contribution >= 4 is 36.5 Å². The average molecular weight is 529 g/mol. The lowest BCUT2D eigenvalue weighted by molar-refractivity contribution is -0.263. The lowest BCUT2D eigenvalue weighted by Crippen LogP contribution is -2.53. The topological polar surface area (TPSA) is 97.4 Å². The quantitative estimate of drug-likeness (QED) is 0.290. The molecule has 3 fully saturated rings. The van der Waals surface area contributed by atoms with Crippen LogP contribution < -0.4 is 21.2 Å². The van der Waals surface area contributed by atoms with Gasteiger partial charge in [0.05, 0.1) is 36.0 Å². The first-order chi connectivity index (χ1) is 17.3. The number of carbonyl (C=O) groups excluding carboxylic acids is 2. The van der Waals surface area contributed by atoms with Crippen molar-refractivity contribution in [2.24, 2.45) is 5.92 Å². The van der Waals surface area contributed by atoms with Gasteiger partial charge in [-0.2, -0.15) is 8.78 Å². The molecule has 9 nitrogen and oxygen atoms in total. The van der Waals surface area contributed by atoms with E-state index < -0.39 is 43.4 Å². The van der Waals surface area contributed by atoms with Gasteiger partial charge in [-0.1, -0.05) is 11.5 Å². The van der Waals surface area contributed by atoms with Crippen molar-refractivity contribution in [2.75, 3.05) is 63.3 Å². The van der Waals surface area contributed by atoms with E-state index in [9.17, 15) is 32.4 Å². The smallest absolute Gasteiger partial charge is 0.373 e. The monoisotopic (exact) mass is 529 g/mol. The minimum atomic E-state index is -3.46. The Kier molecular flexibility index (Phi) is 7.91. The Bertz CT molecular complexity index is 1030. The maximum atomic E-state index is 13.9. The number of hydrogen-bond donors (Lipinski definition) is 3. The number of amides is 2. The number of rotatable bonds is 5. The summed E-state index contributed by atoms with van der Waals surface area (Å²) in [5, 5.41) is 17.0. The summed E-state index contributed by atoms with van der Waals surface area (Å²) in [6, 6.07) is 2.86. The van der Waals surface area contributed by atoms with Gasteiger partial charge in [0.25, 0.3) is 11.8 Å². The van der Waals surface area contributed by atoms with Crippen LogP contribution in [0.3, 0.4) is 0 Å². The molecule has 0 radical (unpaired) electrons. The lowest BCUT2D eigenvalue weighted by atomic mass is 9.91. The molecule has 4 rings (SSSR count). The highest BCUT2D eigenvalue weighted by Gasteiger charge is 2.42. The van der Waals surface area contributed by atoms with Crippen LogP contribution in [0, 0.1) is 5.92 Å². The summed E-state index contributed by atoms with van der Waals surface area (Å²) < 4.78 is 59.8. The Morgan fingerprint density at radius 1 is 1.24 bits per heavy atom. The minimum Gasteiger partial charge on any atom is -0.378 e. The number of benzene rings is 1.